The molecule has 2 rings (SSSR count). The van der Waals surface area contributed by atoms with Crippen molar-refractivity contribution in [2.24, 2.45) is 0 Å². The number of rotatable bonds is 4. The number of methoxy groups -OCH3 is 1. The van der Waals surface area contributed by atoms with Gasteiger partial charge in [-0.3, -0.25) is 9.69 Å². The maximum Gasteiger partial charge on any atom is 0.276 e. The minimum atomic E-state index is -0.135. The molecule has 1 saturated heterocycles. The summed E-state index contributed by atoms with van der Waals surface area (Å²) in [6, 6.07) is 4.88. The van der Waals surface area contributed by atoms with Crippen LogP contribution in [0, 0.1) is 0 Å². The number of hydrogen-bond acceptors (Lipinski definition) is 4. The molecule has 1 aromatic rings. The van der Waals surface area contributed by atoms with Crippen molar-refractivity contribution in [2.75, 3.05) is 13.7 Å². The number of phenols is 1. The number of carbonyl (C=O) groups excluding carboxylic acids is 1. The van der Waals surface area contributed by atoms with Gasteiger partial charge in [0.25, 0.3) is 5.91 Å². The molecule has 0 spiro atoms. The minimum absolute atomic E-state index is 0.0588. The van der Waals surface area contributed by atoms with Crippen molar-refractivity contribution in [1.29, 1.82) is 0 Å². The summed E-state index contributed by atoms with van der Waals surface area (Å²) in [4.78, 5) is 13.7. The summed E-state index contributed by atoms with van der Waals surface area (Å²) in [6.07, 6.45) is 2.53. The van der Waals surface area contributed by atoms with Gasteiger partial charge < -0.3 is 15.2 Å². The summed E-state index contributed by atoms with van der Waals surface area (Å²) in [5, 5.41) is 12.9. The van der Waals surface area contributed by atoms with Crippen molar-refractivity contribution in [3.05, 3.63) is 29.5 Å². The molecule has 6 heteroatoms. The van der Waals surface area contributed by atoms with Gasteiger partial charge in [0, 0.05) is 6.54 Å². The fourth-order valence-electron chi connectivity index (χ4n) is 1.95. The van der Waals surface area contributed by atoms with Crippen LogP contribution in [0.3, 0.4) is 0 Å². The summed E-state index contributed by atoms with van der Waals surface area (Å²) >= 11 is 5.13. The van der Waals surface area contributed by atoms with Crippen molar-refractivity contribution in [1.82, 2.24) is 10.2 Å². The Kier molecular flexibility index (Phi) is 4.24. The summed E-state index contributed by atoms with van der Waals surface area (Å²) in [5.74, 6) is 0.283. The lowest BCUT2D eigenvalue weighted by molar-refractivity contribution is -0.122. The number of carbonyl (C=O) groups is 1. The van der Waals surface area contributed by atoms with Gasteiger partial charge in [0.05, 0.1) is 7.11 Å². The first-order valence-corrected chi connectivity index (χ1v) is 6.69. The lowest BCUT2D eigenvalue weighted by Crippen LogP contribution is -2.31. The van der Waals surface area contributed by atoms with E-state index < -0.39 is 0 Å². The molecule has 2 N–H and O–H groups in total. The number of benzene rings is 1. The van der Waals surface area contributed by atoms with E-state index in [0.29, 0.717) is 23.1 Å². The van der Waals surface area contributed by atoms with Crippen molar-refractivity contribution >= 4 is 29.3 Å². The number of ether oxygens (including phenoxy) is 1. The number of nitrogens with zero attached hydrogens (tertiary/aromatic N) is 1. The predicted octanol–water partition coefficient (Wildman–Crippen LogP) is 1.87. The largest absolute Gasteiger partial charge is 0.504 e. The Labute approximate surface area is 122 Å². The molecule has 0 saturated carbocycles. The highest BCUT2D eigenvalue weighted by Gasteiger charge is 2.29. The second-order valence-corrected chi connectivity index (χ2v) is 4.76. The van der Waals surface area contributed by atoms with Crippen LogP contribution in [0.4, 0.5) is 0 Å². The molecule has 0 unspecified atom stereocenters. The number of hydrogen-bond donors (Lipinski definition) is 2. The Morgan fingerprint density at radius 3 is 2.90 bits per heavy atom. The molecule has 1 heterocycles. The van der Waals surface area contributed by atoms with Gasteiger partial charge in [-0.1, -0.05) is 13.0 Å². The standard InChI is InChI=1S/C14H16N2O3S/c1-3-6-16-13(18)10(15-14(16)20)7-9-4-5-11(17)12(8-9)19-2/h4-5,7-8,17H,3,6H2,1-2H3,(H,15,20). The molecule has 0 atom stereocenters. The number of amides is 1. The van der Waals surface area contributed by atoms with Crippen LogP contribution in [0.1, 0.15) is 18.9 Å². The quantitative estimate of drug-likeness (QED) is 0.655. The Morgan fingerprint density at radius 1 is 1.50 bits per heavy atom. The number of aromatic hydroxyl groups is 1. The van der Waals surface area contributed by atoms with E-state index >= 15 is 0 Å². The second kappa shape index (κ2) is 5.92. The molecule has 0 bridgehead atoms. The third-order valence-corrected chi connectivity index (χ3v) is 3.25. The highest BCUT2D eigenvalue weighted by molar-refractivity contribution is 7.80. The number of nitrogens with one attached hydrogen (secondary N) is 1. The third kappa shape index (κ3) is 2.75. The van der Waals surface area contributed by atoms with Crippen molar-refractivity contribution in [2.45, 2.75) is 13.3 Å². The molecular formula is C14H16N2O3S. The SMILES string of the molecule is CCCN1C(=O)C(=Cc2ccc(O)c(OC)c2)NC1=S. The monoisotopic (exact) mass is 292 g/mol. The summed E-state index contributed by atoms with van der Waals surface area (Å²) < 4.78 is 5.04. The van der Waals surface area contributed by atoms with E-state index in [9.17, 15) is 9.90 Å². The van der Waals surface area contributed by atoms with Gasteiger partial charge in [-0.25, -0.2) is 0 Å². The zero-order valence-corrected chi connectivity index (χ0v) is 12.2. The van der Waals surface area contributed by atoms with Crippen LogP contribution in [-0.2, 0) is 4.79 Å². The summed E-state index contributed by atoms with van der Waals surface area (Å²) in [5.41, 5.74) is 1.17. The lowest BCUT2D eigenvalue weighted by Gasteiger charge is -2.11. The van der Waals surface area contributed by atoms with E-state index in [0.717, 1.165) is 12.0 Å². The van der Waals surface area contributed by atoms with Gasteiger partial charge in [-0.15, -0.1) is 0 Å². The fourth-order valence-corrected chi connectivity index (χ4v) is 2.23. The minimum Gasteiger partial charge on any atom is -0.504 e. The predicted molar refractivity (Wildman–Crippen MR) is 80.4 cm³/mol. The van der Waals surface area contributed by atoms with Gasteiger partial charge in [0.1, 0.15) is 5.70 Å². The summed E-state index contributed by atoms with van der Waals surface area (Å²) in [6.45, 7) is 2.59. The average Bonchev–Trinajstić information content (AvgIpc) is 2.69. The van der Waals surface area contributed by atoms with Gasteiger partial charge >= 0.3 is 0 Å². The first-order valence-electron chi connectivity index (χ1n) is 6.28. The van der Waals surface area contributed by atoms with E-state index in [1.54, 1.807) is 23.1 Å². The van der Waals surface area contributed by atoms with Gasteiger partial charge in [-0.05, 0) is 42.4 Å². The lowest BCUT2D eigenvalue weighted by atomic mass is 10.1. The van der Waals surface area contributed by atoms with Crippen LogP contribution in [0.5, 0.6) is 11.5 Å². The van der Waals surface area contributed by atoms with Gasteiger partial charge in [0.15, 0.2) is 16.6 Å². The van der Waals surface area contributed by atoms with E-state index in [1.807, 2.05) is 6.92 Å². The molecule has 1 aromatic carbocycles. The molecule has 1 amide bonds. The second-order valence-electron chi connectivity index (χ2n) is 4.38. The first kappa shape index (κ1) is 14.3. The highest BCUT2D eigenvalue weighted by Crippen LogP contribution is 2.27. The molecule has 106 valence electrons. The molecule has 20 heavy (non-hydrogen) atoms. The zero-order valence-electron chi connectivity index (χ0n) is 11.3. The van der Waals surface area contributed by atoms with E-state index in [1.165, 1.54) is 13.2 Å². The molecule has 1 aliphatic heterocycles. The number of thiocarbonyl (C=S) groups is 1. The molecule has 1 aliphatic rings. The van der Waals surface area contributed by atoms with Crippen LogP contribution < -0.4 is 10.1 Å². The van der Waals surface area contributed by atoms with Crippen LogP contribution in [-0.4, -0.2) is 34.7 Å². The third-order valence-electron chi connectivity index (χ3n) is 2.92. The maximum absolute atomic E-state index is 12.2. The molecule has 0 aromatic heterocycles. The van der Waals surface area contributed by atoms with Crippen molar-refractivity contribution in [3.63, 3.8) is 0 Å². The van der Waals surface area contributed by atoms with Crippen molar-refractivity contribution < 1.29 is 14.6 Å². The zero-order chi connectivity index (χ0) is 14.7. The van der Waals surface area contributed by atoms with E-state index in [4.69, 9.17) is 17.0 Å². The summed E-state index contributed by atoms with van der Waals surface area (Å²) in [7, 11) is 1.48. The molecular weight excluding hydrogens is 276 g/mol. The Hall–Kier alpha value is -2.08. The van der Waals surface area contributed by atoms with Crippen LogP contribution in [0.2, 0.25) is 0 Å². The normalized spacial score (nSPS) is 16.7. The topological polar surface area (TPSA) is 61.8 Å². The molecule has 0 aliphatic carbocycles. The van der Waals surface area contributed by atoms with Gasteiger partial charge in [-0.2, -0.15) is 0 Å². The fraction of sp³-hybridized carbons (Fsp3) is 0.286. The van der Waals surface area contributed by atoms with Crippen LogP contribution in [0.25, 0.3) is 6.08 Å². The van der Waals surface area contributed by atoms with Crippen LogP contribution >= 0.6 is 12.2 Å². The van der Waals surface area contributed by atoms with Crippen molar-refractivity contribution in [3.8, 4) is 11.5 Å². The van der Waals surface area contributed by atoms with E-state index in [-0.39, 0.29) is 11.7 Å². The maximum atomic E-state index is 12.2. The molecule has 1 fully saturated rings. The molecule has 5 nitrogen and oxygen atoms in total. The molecule has 0 radical (unpaired) electrons. The Bertz CT molecular complexity index is 584. The smallest absolute Gasteiger partial charge is 0.276 e. The van der Waals surface area contributed by atoms with E-state index in [2.05, 4.69) is 5.32 Å². The Balaban J connectivity index is 2.28. The average molecular weight is 292 g/mol. The van der Waals surface area contributed by atoms with Gasteiger partial charge in [0.2, 0.25) is 0 Å². The highest BCUT2D eigenvalue weighted by atomic mass is 32.1. The first-order chi connectivity index (χ1) is 9.56. The Morgan fingerprint density at radius 2 is 2.25 bits per heavy atom. The number of phenolic OH excluding ortho intramolecular Hbond substituents is 1. The van der Waals surface area contributed by atoms with Crippen LogP contribution in [0.15, 0.2) is 23.9 Å².